The minimum absolute atomic E-state index is 0.143. The molecule has 1 aromatic carbocycles. The average molecular weight is 613 g/mol. The summed E-state index contributed by atoms with van der Waals surface area (Å²) in [5.74, 6) is 0.640. The number of nitrogen functional groups attached to an aromatic ring is 1. The molecule has 0 saturated heterocycles. The highest BCUT2D eigenvalue weighted by Gasteiger charge is 2.41. The molecule has 0 saturated carbocycles. The lowest BCUT2D eigenvalue weighted by Gasteiger charge is -2.33. The second-order valence-corrected chi connectivity index (χ2v) is 18.5. The fourth-order valence-electron chi connectivity index (χ4n) is 5.19. The number of amides is 1. The molecule has 1 aliphatic rings. The number of pyridine rings is 1. The van der Waals surface area contributed by atoms with E-state index in [4.69, 9.17) is 10.5 Å². The molecule has 0 aliphatic carbocycles. The number of nitrogens with zero attached hydrogens (tertiary/aromatic N) is 4. The number of halogens is 1. The smallest absolute Gasteiger partial charge is 0.233 e. The van der Waals surface area contributed by atoms with Crippen molar-refractivity contribution >= 4 is 35.7 Å². The summed E-state index contributed by atoms with van der Waals surface area (Å²) in [7, 11) is -1.16. The highest BCUT2D eigenvalue weighted by atomic mass is 79.9. The number of nitrogens with two attached hydrogens (primary N) is 1. The summed E-state index contributed by atoms with van der Waals surface area (Å²) in [5.41, 5.74) is 9.78. The monoisotopic (exact) mass is 611 g/mol. The fourth-order valence-corrected chi connectivity index (χ4v) is 6.33. The van der Waals surface area contributed by atoms with Crippen LogP contribution >= 0.6 is 15.9 Å². The highest BCUT2D eigenvalue weighted by Crippen LogP contribution is 2.36. The van der Waals surface area contributed by atoms with E-state index in [1.54, 1.807) is 0 Å². The van der Waals surface area contributed by atoms with Crippen LogP contribution in [0.25, 0.3) is 0 Å². The first-order valence-electron chi connectivity index (χ1n) is 13.9. The van der Waals surface area contributed by atoms with Crippen LogP contribution in [0.5, 0.6) is 0 Å². The van der Waals surface area contributed by atoms with E-state index >= 15 is 0 Å². The summed E-state index contributed by atoms with van der Waals surface area (Å²) in [6.45, 7) is 11.2. The normalized spacial score (nSPS) is 14.8. The van der Waals surface area contributed by atoms with Crippen molar-refractivity contribution < 1.29 is 9.53 Å². The van der Waals surface area contributed by atoms with Crippen molar-refractivity contribution in [2.75, 3.05) is 12.3 Å². The van der Waals surface area contributed by atoms with Crippen molar-refractivity contribution in [3.05, 3.63) is 75.6 Å². The van der Waals surface area contributed by atoms with Crippen LogP contribution in [-0.4, -0.2) is 40.3 Å². The maximum atomic E-state index is 14.2. The fraction of sp³-hybridized carbons (Fsp3) is 0.500. The van der Waals surface area contributed by atoms with Crippen LogP contribution in [0.3, 0.4) is 0 Å². The number of unbranched alkanes of at least 4 members (excludes halogenated alkanes) is 2. The molecular weight excluding hydrogens is 570 g/mol. The Morgan fingerprint density at radius 2 is 1.85 bits per heavy atom. The molecule has 1 amide bonds. The van der Waals surface area contributed by atoms with Crippen LogP contribution in [0.15, 0.2) is 53.1 Å². The molecule has 2 N–H and O–H groups in total. The first-order chi connectivity index (χ1) is 18.6. The molecule has 2 aromatic heterocycles. The number of benzene rings is 1. The lowest BCUT2D eigenvalue weighted by molar-refractivity contribution is -0.138. The molecule has 0 spiro atoms. The lowest BCUT2D eigenvalue weighted by atomic mass is 9.76. The predicted molar refractivity (Wildman–Crippen MR) is 163 cm³/mol. The third-order valence-corrected chi connectivity index (χ3v) is 9.80. The second kappa shape index (κ2) is 12.8. The van der Waals surface area contributed by atoms with Crippen LogP contribution in [0.2, 0.25) is 25.7 Å². The van der Waals surface area contributed by atoms with Crippen molar-refractivity contribution in [3.63, 3.8) is 0 Å². The van der Waals surface area contributed by atoms with Crippen LogP contribution in [0, 0.1) is 0 Å². The zero-order valence-corrected chi connectivity index (χ0v) is 26.3. The molecule has 210 valence electrons. The quantitative estimate of drug-likeness (QED) is 0.135. The van der Waals surface area contributed by atoms with Crippen LogP contribution < -0.4 is 5.73 Å². The van der Waals surface area contributed by atoms with E-state index in [1.807, 2.05) is 39.9 Å². The molecule has 1 aliphatic heterocycles. The Balaban J connectivity index is 1.40. The topological polar surface area (TPSA) is 86.3 Å². The van der Waals surface area contributed by atoms with Gasteiger partial charge < -0.3 is 15.4 Å². The third kappa shape index (κ3) is 7.58. The zero-order valence-electron chi connectivity index (χ0n) is 23.8. The van der Waals surface area contributed by atoms with Gasteiger partial charge in [0.1, 0.15) is 11.3 Å². The summed E-state index contributed by atoms with van der Waals surface area (Å²) >= 11 is 3.45. The zero-order chi connectivity index (χ0) is 28.0. The van der Waals surface area contributed by atoms with E-state index in [0.717, 1.165) is 71.9 Å². The molecule has 9 heteroatoms. The number of rotatable bonds is 13. The van der Waals surface area contributed by atoms with Gasteiger partial charge in [0.25, 0.3) is 0 Å². The van der Waals surface area contributed by atoms with E-state index in [9.17, 15) is 4.79 Å². The summed E-state index contributed by atoms with van der Waals surface area (Å²) in [5, 5.41) is 4.52. The minimum atomic E-state index is -1.16. The first-order valence-corrected chi connectivity index (χ1v) is 18.4. The summed E-state index contributed by atoms with van der Waals surface area (Å²) < 4.78 is 8.67. The molecule has 0 fully saturated rings. The SMILES string of the molecule is CC(CCCCCc1cccc(Br)n1)(C(=O)N1Cc2c(N)nn(COCC[Si](C)(C)C)c2C1)c1ccccc1. The van der Waals surface area contributed by atoms with Crippen LogP contribution in [-0.2, 0) is 41.2 Å². The average Bonchev–Trinajstić information content (AvgIpc) is 3.46. The molecule has 39 heavy (non-hydrogen) atoms. The molecule has 0 bridgehead atoms. The Morgan fingerprint density at radius 1 is 1.08 bits per heavy atom. The predicted octanol–water partition coefficient (Wildman–Crippen LogP) is 6.54. The number of hydrogen-bond donors (Lipinski definition) is 1. The number of anilines is 1. The molecule has 1 unspecified atom stereocenters. The Labute approximate surface area is 242 Å². The molecule has 7 nitrogen and oxygen atoms in total. The minimum Gasteiger partial charge on any atom is -0.382 e. The van der Waals surface area contributed by atoms with Gasteiger partial charge in [-0.3, -0.25) is 4.79 Å². The number of ether oxygens (including phenoxy) is 1. The van der Waals surface area contributed by atoms with Gasteiger partial charge >= 0.3 is 0 Å². The van der Waals surface area contributed by atoms with Gasteiger partial charge in [-0.25, -0.2) is 9.67 Å². The van der Waals surface area contributed by atoms with Gasteiger partial charge in [0.15, 0.2) is 5.82 Å². The largest absolute Gasteiger partial charge is 0.382 e. The standard InChI is InChI=1S/C30H42BrN5O2Si/c1-30(23-12-7-5-8-13-23,17-10-6-9-14-24-15-11-16-27(31)33-24)29(37)35-20-25-26(21-35)36(34-28(25)32)22-38-18-19-39(2,3)4/h5,7-8,11-13,15-16H,6,9-10,14,17-22H2,1-4H3,(H2,32,34). The summed E-state index contributed by atoms with van der Waals surface area (Å²) in [6, 6.07) is 17.3. The second-order valence-electron chi connectivity index (χ2n) is 12.0. The van der Waals surface area contributed by atoms with E-state index < -0.39 is 13.5 Å². The number of fused-ring (bicyclic) bond motifs is 1. The Bertz CT molecular complexity index is 1260. The molecule has 1 atom stereocenters. The van der Waals surface area contributed by atoms with Crippen molar-refractivity contribution in [1.82, 2.24) is 19.7 Å². The van der Waals surface area contributed by atoms with Crippen LogP contribution in [0.4, 0.5) is 5.82 Å². The third-order valence-electron chi connectivity index (χ3n) is 7.65. The van der Waals surface area contributed by atoms with Gasteiger partial charge in [-0.1, -0.05) is 68.9 Å². The summed E-state index contributed by atoms with van der Waals surface area (Å²) in [6.07, 6.45) is 4.78. The Morgan fingerprint density at radius 3 is 2.56 bits per heavy atom. The molecule has 0 radical (unpaired) electrons. The molecule has 4 rings (SSSR count). The summed E-state index contributed by atoms with van der Waals surface area (Å²) in [4.78, 5) is 20.6. The number of aromatic nitrogens is 3. The van der Waals surface area contributed by atoms with E-state index in [1.165, 1.54) is 0 Å². The van der Waals surface area contributed by atoms with Crippen molar-refractivity contribution in [3.8, 4) is 0 Å². The van der Waals surface area contributed by atoms with Crippen molar-refractivity contribution in [2.24, 2.45) is 0 Å². The van der Waals surface area contributed by atoms with Gasteiger partial charge in [0.2, 0.25) is 5.91 Å². The lowest BCUT2D eigenvalue weighted by Crippen LogP contribution is -2.43. The molecular formula is C30H42BrN5O2Si. The first kappa shape index (κ1) is 29.5. The van der Waals surface area contributed by atoms with Gasteiger partial charge in [-0.15, -0.1) is 0 Å². The maximum absolute atomic E-state index is 14.2. The van der Waals surface area contributed by atoms with Crippen molar-refractivity contribution in [1.29, 1.82) is 0 Å². The van der Waals surface area contributed by atoms with E-state index in [2.05, 4.69) is 70.8 Å². The van der Waals surface area contributed by atoms with Gasteiger partial charge in [-0.05, 0) is 65.9 Å². The number of aryl methyl sites for hydroxylation is 1. The van der Waals surface area contributed by atoms with Gasteiger partial charge in [0.05, 0.1) is 24.2 Å². The van der Waals surface area contributed by atoms with Crippen LogP contribution in [0.1, 0.15) is 55.1 Å². The Hall–Kier alpha value is -2.49. The maximum Gasteiger partial charge on any atom is 0.233 e. The van der Waals surface area contributed by atoms with Gasteiger partial charge in [-0.2, -0.15) is 5.10 Å². The number of carbonyl (C=O) groups is 1. The van der Waals surface area contributed by atoms with Crippen molar-refractivity contribution in [2.45, 2.75) is 89.9 Å². The molecule has 3 aromatic rings. The Kier molecular flexibility index (Phi) is 9.67. The van der Waals surface area contributed by atoms with Gasteiger partial charge in [0, 0.05) is 25.9 Å². The highest BCUT2D eigenvalue weighted by molar-refractivity contribution is 9.10. The number of carbonyl (C=O) groups excluding carboxylic acids is 1. The molecule has 3 heterocycles. The van der Waals surface area contributed by atoms with E-state index in [0.29, 0.717) is 25.6 Å². The number of hydrogen-bond acceptors (Lipinski definition) is 5. The van der Waals surface area contributed by atoms with E-state index in [-0.39, 0.29) is 5.91 Å².